The fourth-order valence-electron chi connectivity index (χ4n) is 2.60. The average molecular weight is 212 g/mol. The number of rotatable bonds is 3. The second-order valence-corrected chi connectivity index (χ2v) is 5.12. The van der Waals surface area contributed by atoms with Gasteiger partial charge in [-0.15, -0.1) is 0 Å². The first-order valence-electron chi connectivity index (χ1n) is 5.83. The van der Waals surface area contributed by atoms with E-state index in [4.69, 9.17) is 10.8 Å². The molecule has 0 atom stereocenters. The number of amides is 1. The zero-order chi connectivity index (χ0) is 10.9. The molecule has 0 aromatic heterocycles. The Kier molecular flexibility index (Phi) is 2.87. The topological polar surface area (TPSA) is 66.6 Å². The molecule has 15 heavy (non-hydrogen) atoms. The molecule has 1 amide bonds. The van der Waals surface area contributed by atoms with Gasteiger partial charge in [0, 0.05) is 13.1 Å². The highest BCUT2D eigenvalue weighted by molar-refractivity contribution is 5.65. The van der Waals surface area contributed by atoms with E-state index in [1.165, 1.54) is 24.2 Å². The summed E-state index contributed by atoms with van der Waals surface area (Å²) in [6.45, 7) is 2.05. The summed E-state index contributed by atoms with van der Waals surface area (Å²) in [7, 11) is 0. The lowest BCUT2D eigenvalue weighted by Gasteiger charge is -2.40. The van der Waals surface area contributed by atoms with Gasteiger partial charge in [0.2, 0.25) is 0 Å². The van der Waals surface area contributed by atoms with Crippen LogP contribution in [0.25, 0.3) is 0 Å². The third-order valence-corrected chi connectivity index (χ3v) is 3.95. The highest BCUT2D eigenvalue weighted by Gasteiger charge is 2.39. The Bertz CT molecular complexity index is 243. The number of likely N-dealkylation sites (tertiary alicyclic amines) is 1. The monoisotopic (exact) mass is 212 g/mol. The summed E-state index contributed by atoms with van der Waals surface area (Å²) in [5.74, 6) is 0.880. The molecule has 3 N–H and O–H groups in total. The van der Waals surface area contributed by atoms with Gasteiger partial charge in [-0.1, -0.05) is 12.8 Å². The second-order valence-electron chi connectivity index (χ2n) is 5.12. The minimum absolute atomic E-state index is 0.243. The van der Waals surface area contributed by atoms with Gasteiger partial charge in [0.25, 0.3) is 0 Å². The van der Waals surface area contributed by atoms with Crippen LogP contribution in [0.3, 0.4) is 0 Å². The minimum atomic E-state index is -0.785. The number of piperidine rings is 1. The number of nitrogens with zero attached hydrogens (tertiary/aromatic N) is 1. The summed E-state index contributed by atoms with van der Waals surface area (Å²) >= 11 is 0. The van der Waals surface area contributed by atoms with E-state index in [1.54, 1.807) is 0 Å². The van der Waals surface area contributed by atoms with Gasteiger partial charge in [0.15, 0.2) is 0 Å². The zero-order valence-electron chi connectivity index (χ0n) is 9.11. The third-order valence-electron chi connectivity index (χ3n) is 3.95. The van der Waals surface area contributed by atoms with Crippen molar-refractivity contribution in [1.82, 2.24) is 4.90 Å². The van der Waals surface area contributed by atoms with Crippen molar-refractivity contribution >= 4 is 6.09 Å². The molecular formula is C11H20N2O2. The van der Waals surface area contributed by atoms with Crippen LogP contribution >= 0.6 is 0 Å². The van der Waals surface area contributed by atoms with Crippen molar-refractivity contribution in [2.24, 2.45) is 17.1 Å². The SMILES string of the molecule is NCC1(CC2CC2)CCN(C(=O)O)CC1. The fourth-order valence-corrected chi connectivity index (χ4v) is 2.60. The van der Waals surface area contributed by atoms with Crippen molar-refractivity contribution in [2.75, 3.05) is 19.6 Å². The Labute approximate surface area is 90.4 Å². The summed E-state index contributed by atoms with van der Waals surface area (Å²) in [6, 6.07) is 0. The molecule has 2 aliphatic rings. The molecule has 4 heteroatoms. The van der Waals surface area contributed by atoms with Gasteiger partial charge in [-0.25, -0.2) is 4.79 Å². The van der Waals surface area contributed by atoms with Gasteiger partial charge in [-0.2, -0.15) is 0 Å². The van der Waals surface area contributed by atoms with Crippen molar-refractivity contribution in [3.8, 4) is 0 Å². The van der Waals surface area contributed by atoms with Crippen LogP contribution in [0.5, 0.6) is 0 Å². The van der Waals surface area contributed by atoms with E-state index in [-0.39, 0.29) is 5.41 Å². The Morgan fingerprint density at radius 3 is 2.40 bits per heavy atom. The summed E-state index contributed by atoms with van der Waals surface area (Å²) < 4.78 is 0. The Morgan fingerprint density at radius 2 is 2.00 bits per heavy atom. The Hall–Kier alpha value is -0.770. The van der Waals surface area contributed by atoms with Crippen molar-refractivity contribution in [3.05, 3.63) is 0 Å². The van der Waals surface area contributed by atoms with Crippen molar-refractivity contribution in [2.45, 2.75) is 32.1 Å². The molecule has 1 saturated carbocycles. The lowest BCUT2D eigenvalue weighted by Crippen LogP contribution is -2.45. The first-order valence-corrected chi connectivity index (χ1v) is 5.83. The van der Waals surface area contributed by atoms with Crippen LogP contribution in [0.4, 0.5) is 4.79 Å². The molecule has 0 aromatic carbocycles. The molecule has 86 valence electrons. The minimum Gasteiger partial charge on any atom is -0.465 e. The van der Waals surface area contributed by atoms with Crippen LogP contribution in [0.1, 0.15) is 32.1 Å². The highest BCUT2D eigenvalue weighted by Crippen LogP contribution is 2.44. The van der Waals surface area contributed by atoms with E-state index < -0.39 is 6.09 Å². The van der Waals surface area contributed by atoms with Gasteiger partial charge in [-0.05, 0) is 37.1 Å². The Morgan fingerprint density at radius 1 is 1.40 bits per heavy atom. The summed E-state index contributed by atoms with van der Waals surface area (Å²) in [4.78, 5) is 12.3. The molecule has 0 radical (unpaired) electrons. The second kappa shape index (κ2) is 4.00. The van der Waals surface area contributed by atoms with Crippen LogP contribution in [-0.4, -0.2) is 35.7 Å². The molecule has 4 nitrogen and oxygen atoms in total. The van der Waals surface area contributed by atoms with E-state index in [2.05, 4.69) is 0 Å². The van der Waals surface area contributed by atoms with Gasteiger partial charge >= 0.3 is 6.09 Å². The number of hydrogen-bond acceptors (Lipinski definition) is 2. The molecule has 0 spiro atoms. The van der Waals surface area contributed by atoms with Gasteiger partial charge in [0.05, 0.1) is 0 Å². The number of carbonyl (C=O) groups is 1. The standard InChI is InChI=1S/C11H20N2O2/c12-8-11(7-9-1-2-9)3-5-13(6-4-11)10(14)15/h9H,1-8,12H2,(H,14,15). The third kappa shape index (κ3) is 2.43. The Balaban J connectivity index is 1.89. The highest BCUT2D eigenvalue weighted by atomic mass is 16.4. The average Bonchev–Trinajstić information content (AvgIpc) is 3.02. The first kappa shape index (κ1) is 10.7. The lowest BCUT2D eigenvalue weighted by molar-refractivity contribution is 0.0849. The van der Waals surface area contributed by atoms with E-state index in [0.29, 0.717) is 13.1 Å². The largest absolute Gasteiger partial charge is 0.465 e. The van der Waals surface area contributed by atoms with E-state index in [0.717, 1.165) is 25.3 Å². The van der Waals surface area contributed by atoms with Crippen LogP contribution < -0.4 is 5.73 Å². The van der Waals surface area contributed by atoms with Gasteiger partial charge in [0.1, 0.15) is 0 Å². The maximum atomic E-state index is 10.8. The number of nitrogens with two attached hydrogens (primary N) is 1. The van der Waals surface area contributed by atoms with E-state index in [1.807, 2.05) is 0 Å². The lowest BCUT2D eigenvalue weighted by atomic mass is 9.74. The van der Waals surface area contributed by atoms with Gasteiger partial charge in [-0.3, -0.25) is 0 Å². The fraction of sp³-hybridized carbons (Fsp3) is 0.909. The van der Waals surface area contributed by atoms with E-state index in [9.17, 15) is 4.79 Å². The predicted octanol–water partition coefficient (Wildman–Crippen LogP) is 1.51. The van der Waals surface area contributed by atoms with Gasteiger partial charge < -0.3 is 15.7 Å². The molecule has 2 rings (SSSR count). The van der Waals surface area contributed by atoms with Crippen LogP contribution in [0.2, 0.25) is 0 Å². The van der Waals surface area contributed by atoms with Crippen LogP contribution in [-0.2, 0) is 0 Å². The number of carboxylic acid groups (broad SMARTS) is 1. The van der Waals surface area contributed by atoms with Crippen molar-refractivity contribution in [3.63, 3.8) is 0 Å². The molecule has 0 aromatic rings. The van der Waals surface area contributed by atoms with E-state index >= 15 is 0 Å². The molecule has 0 bridgehead atoms. The van der Waals surface area contributed by atoms with Crippen LogP contribution in [0.15, 0.2) is 0 Å². The molecule has 1 heterocycles. The molecular weight excluding hydrogens is 192 g/mol. The molecule has 0 unspecified atom stereocenters. The maximum Gasteiger partial charge on any atom is 0.407 e. The smallest absolute Gasteiger partial charge is 0.407 e. The first-order chi connectivity index (χ1) is 7.15. The maximum absolute atomic E-state index is 10.8. The normalized spacial score (nSPS) is 25.3. The van der Waals surface area contributed by atoms with Crippen molar-refractivity contribution in [1.29, 1.82) is 0 Å². The molecule has 2 fully saturated rings. The molecule has 1 aliphatic heterocycles. The number of hydrogen-bond donors (Lipinski definition) is 2. The predicted molar refractivity (Wildman–Crippen MR) is 57.7 cm³/mol. The quantitative estimate of drug-likeness (QED) is 0.745. The molecule has 1 aliphatic carbocycles. The van der Waals surface area contributed by atoms with Crippen molar-refractivity contribution < 1.29 is 9.90 Å². The summed E-state index contributed by atoms with van der Waals surface area (Å²) in [6.07, 6.45) is 5.04. The summed E-state index contributed by atoms with van der Waals surface area (Å²) in [5, 5.41) is 8.87. The summed E-state index contributed by atoms with van der Waals surface area (Å²) in [5.41, 5.74) is 6.11. The zero-order valence-corrected chi connectivity index (χ0v) is 9.11. The molecule has 1 saturated heterocycles. The van der Waals surface area contributed by atoms with Crippen LogP contribution in [0, 0.1) is 11.3 Å².